The number of aromatic nitrogens is 2. The van der Waals surface area contributed by atoms with E-state index in [0.717, 1.165) is 13.1 Å². The molecule has 176 valence electrons. The van der Waals surface area contributed by atoms with E-state index in [-0.39, 0.29) is 18.6 Å². The summed E-state index contributed by atoms with van der Waals surface area (Å²) < 4.78 is 21.3. The monoisotopic (exact) mass is 457 g/mol. The average Bonchev–Trinajstić information content (AvgIpc) is 3.52. The van der Waals surface area contributed by atoms with Crippen LogP contribution in [0.25, 0.3) is 0 Å². The van der Waals surface area contributed by atoms with Crippen LogP contribution in [0.3, 0.4) is 0 Å². The highest BCUT2D eigenvalue weighted by Crippen LogP contribution is 2.32. The fraction of sp³-hybridized carbons (Fsp3) is 0.545. The van der Waals surface area contributed by atoms with Crippen LogP contribution in [-0.2, 0) is 22.5 Å². The Balaban J connectivity index is 1.07. The summed E-state index contributed by atoms with van der Waals surface area (Å²) in [5.41, 5.74) is 0.599. The zero-order chi connectivity index (χ0) is 22.6. The maximum atomic E-state index is 12.8. The van der Waals surface area contributed by atoms with E-state index in [4.69, 9.17) is 18.7 Å². The molecule has 2 aromatic rings. The van der Waals surface area contributed by atoms with E-state index in [0.29, 0.717) is 87.6 Å². The smallest absolute Gasteiger partial charge is 0.254 e. The van der Waals surface area contributed by atoms with Crippen molar-refractivity contribution in [3.63, 3.8) is 0 Å². The Bertz CT molecular complexity index is 997. The third-order valence-electron chi connectivity index (χ3n) is 6.07. The molecule has 0 unspecified atom stereocenters. The summed E-state index contributed by atoms with van der Waals surface area (Å²) in [4.78, 5) is 35.4. The van der Waals surface area contributed by atoms with E-state index >= 15 is 0 Å². The van der Waals surface area contributed by atoms with Crippen molar-refractivity contribution in [2.45, 2.75) is 19.4 Å². The number of carbonyl (C=O) groups excluding carboxylic acids is 2. The molecule has 33 heavy (non-hydrogen) atoms. The minimum Gasteiger partial charge on any atom is -0.454 e. The number of nitrogens with zero attached hydrogens (tertiary/aromatic N) is 5. The quantitative estimate of drug-likeness (QED) is 0.614. The molecule has 5 rings (SSSR count). The summed E-state index contributed by atoms with van der Waals surface area (Å²) >= 11 is 0. The van der Waals surface area contributed by atoms with Crippen molar-refractivity contribution in [1.82, 2.24) is 24.8 Å². The molecule has 11 heteroatoms. The summed E-state index contributed by atoms with van der Waals surface area (Å²) in [5, 5.41) is 4.06. The van der Waals surface area contributed by atoms with E-state index in [1.165, 1.54) is 0 Å². The number of piperazine rings is 1. The second-order valence-corrected chi connectivity index (χ2v) is 8.23. The lowest BCUT2D eigenvalue weighted by molar-refractivity contribution is -0.135. The Kier molecular flexibility index (Phi) is 6.40. The number of fused-ring (bicyclic) bond motifs is 1. The zero-order valence-electron chi connectivity index (χ0n) is 18.4. The molecule has 11 nitrogen and oxygen atoms in total. The predicted molar refractivity (Wildman–Crippen MR) is 114 cm³/mol. The van der Waals surface area contributed by atoms with Crippen LogP contribution in [0.5, 0.6) is 11.5 Å². The van der Waals surface area contributed by atoms with Gasteiger partial charge in [-0.3, -0.25) is 14.5 Å². The zero-order valence-corrected chi connectivity index (χ0v) is 18.4. The molecule has 2 saturated heterocycles. The van der Waals surface area contributed by atoms with Crippen molar-refractivity contribution in [3.05, 3.63) is 35.5 Å². The van der Waals surface area contributed by atoms with Gasteiger partial charge >= 0.3 is 0 Å². The van der Waals surface area contributed by atoms with Crippen LogP contribution in [0.15, 0.2) is 22.7 Å². The first-order valence-electron chi connectivity index (χ1n) is 11.2. The van der Waals surface area contributed by atoms with Gasteiger partial charge in [0, 0.05) is 57.7 Å². The second kappa shape index (κ2) is 9.75. The van der Waals surface area contributed by atoms with E-state index in [1.807, 2.05) is 9.80 Å². The maximum absolute atomic E-state index is 12.8. The standard InChI is InChI=1S/C22H27N5O6/c28-21(26-9-11-30-12-10-26)4-3-20-23-19(24-33-20)14-25-5-7-27(8-6-25)22(29)16-1-2-17-18(13-16)32-15-31-17/h1-2,13H,3-12,14-15H2. The van der Waals surface area contributed by atoms with Crippen LogP contribution in [0.2, 0.25) is 0 Å². The minimum absolute atomic E-state index is 0.0141. The van der Waals surface area contributed by atoms with E-state index < -0.39 is 0 Å². The Labute approximate surface area is 191 Å². The summed E-state index contributed by atoms with van der Waals surface area (Å²) in [5.74, 6) is 2.42. The second-order valence-electron chi connectivity index (χ2n) is 8.23. The fourth-order valence-electron chi connectivity index (χ4n) is 4.16. The molecule has 0 bridgehead atoms. The molecule has 0 atom stereocenters. The number of carbonyl (C=O) groups is 2. The van der Waals surface area contributed by atoms with Crippen molar-refractivity contribution >= 4 is 11.8 Å². The van der Waals surface area contributed by atoms with Gasteiger partial charge in [0.25, 0.3) is 5.91 Å². The number of amides is 2. The molecule has 0 saturated carbocycles. The van der Waals surface area contributed by atoms with Crippen molar-refractivity contribution < 1.29 is 28.3 Å². The summed E-state index contributed by atoms with van der Waals surface area (Å²) in [6.45, 7) is 5.86. The molecule has 0 N–H and O–H groups in total. The van der Waals surface area contributed by atoms with Crippen LogP contribution < -0.4 is 9.47 Å². The molecule has 2 fully saturated rings. The van der Waals surface area contributed by atoms with Gasteiger partial charge in [-0.05, 0) is 18.2 Å². The molecule has 1 aromatic heterocycles. The van der Waals surface area contributed by atoms with Crippen molar-refractivity contribution in [1.29, 1.82) is 0 Å². The molecule has 3 aliphatic rings. The van der Waals surface area contributed by atoms with Gasteiger partial charge in [-0.15, -0.1) is 0 Å². The van der Waals surface area contributed by atoms with Crippen molar-refractivity contribution in [2.75, 3.05) is 59.3 Å². The van der Waals surface area contributed by atoms with Gasteiger partial charge < -0.3 is 28.5 Å². The van der Waals surface area contributed by atoms with Crippen LogP contribution in [0.4, 0.5) is 0 Å². The molecule has 3 aliphatic heterocycles. The Hall–Kier alpha value is -3.18. The van der Waals surface area contributed by atoms with Gasteiger partial charge in [-0.2, -0.15) is 4.98 Å². The Morgan fingerprint density at radius 1 is 0.939 bits per heavy atom. The van der Waals surface area contributed by atoms with Crippen LogP contribution in [0, 0.1) is 0 Å². The summed E-state index contributed by atoms with van der Waals surface area (Å²) in [7, 11) is 0. The molecule has 4 heterocycles. The average molecular weight is 457 g/mol. The number of morpholine rings is 1. The lowest BCUT2D eigenvalue weighted by atomic mass is 10.1. The number of rotatable bonds is 6. The van der Waals surface area contributed by atoms with Gasteiger partial charge in [-0.25, -0.2) is 0 Å². The number of aryl methyl sites for hydroxylation is 1. The SMILES string of the molecule is O=C(CCc1nc(CN2CCN(C(=O)c3ccc4c(c3)OCO4)CC2)no1)N1CCOCC1. The topological polar surface area (TPSA) is 110 Å². The van der Waals surface area contributed by atoms with E-state index in [2.05, 4.69) is 15.0 Å². The molecule has 0 radical (unpaired) electrons. The first-order chi connectivity index (χ1) is 16.2. The number of hydrogen-bond acceptors (Lipinski definition) is 9. The number of benzene rings is 1. The molecular formula is C22H27N5O6. The lowest BCUT2D eigenvalue weighted by Gasteiger charge is -2.34. The van der Waals surface area contributed by atoms with Gasteiger partial charge in [-0.1, -0.05) is 5.16 Å². The third kappa shape index (κ3) is 5.09. The predicted octanol–water partition coefficient (Wildman–Crippen LogP) is 0.548. The van der Waals surface area contributed by atoms with Gasteiger partial charge in [0.2, 0.25) is 18.6 Å². The molecule has 1 aromatic carbocycles. The highest BCUT2D eigenvalue weighted by molar-refractivity contribution is 5.95. The first kappa shape index (κ1) is 21.7. The van der Waals surface area contributed by atoms with E-state index in [9.17, 15) is 9.59 Å². The maximum Gasteiger partial charge on any atom is 0.254 e. The van der Waals surface area contributed by atoms with Crippen LogP contribution >= 0.6 is 0 Å². The van der Waals surface area contributed by atoms with Crippen molar-refractivity contribution in [2.24, 2.45) is 0 Å². The summed E-state index contributed by atoms with van der Waals surface area (Å²) in [6, 6.07) is 5.28. The molecule has 0 aliphatic carbocycles. The highest BCUT2D eigenvalue weighted by Gasteiger charge is 2.25. The number of ether oxygens (including phenoxy) is 3. The first-order valence-corrected chi connectivity index (χ1v) is 11.2. The molecule has 2 amide bonds. The normalized spacial score (nSPS) is 18.5. The van der Waals surface area contributed by atoms with Crippen LogP contribution in [-0.4, -0.2) is 95.9 Å². The minimum atomic E-state index is -0.0141. The lowest BCUT2D eigenvalue weighted by Crippen LogP contribution is -2.48. The van der Waals surface area contributed by atoms with Gasteiger partial charge in [0.1, 0.15) is 0 Å². The Morgan fingerprint density at radius 3 is 2.55 bits per heavy atom. The number of hydrogen-bond donors (Lipinski definition) is 0. The highest BCUT2D eigenvalue weighted by atomic mass is 16.7. The van der Waals surface area contributed by atoms with Crippen molar-refractivity contribution in [3.8, 4) is 11.5 Å². The van der Waals surface area contributed by atoms with Gasteiger partial charge in [0.05, 0.1) is 19.8 Å². The van der Waals surface area contributed by atoms with E-state index in [1.54, 1.807) is 18.2 Å². The van der Waals surface area contributed by atoms with Gasteiger partial charge in [0.15, 0.2) is 17.3 Å². The van der Waals surface area contributed by atoms with Crippen LogP contribution in [0.1, 0.15) is 28.5 Å². The fourth-order valence-corrected chi connectivity index (χ4v) is 4.16. The molecule has 0 spiro atoms. The third-order valence-corrected chi connectivity index (χ3v) is 6.07. The largest absolute Gasteiger partial charge is 0.454 e. The molecular weight excluding hydrogens is 430 g/mol. The summed E-state index contributed by atoms with van der Waals surface area (Å²) in [6.07, 6.45) is 0.781. The Morgan fingerprint density at radius 2 is 1.73 bits per heavy atom.